The van der Waals surface area contributed by atoms with Gasteiger partial charge in [0.15, 0.2) is 0 Å². The summed E-state index contributed by atoms with van der Waals surface area (Å²) in [7, 11) is 0. The highest BCUT2D eigenvalue weighted by Crippen LogP contribution is 2.33. The van der Waals surface area contributed by atoms with Gasteiger partial charge in [0.25, 0.3) is 0 Å². The first-order chi connectivity index (χ1) is 11.3. The molecule has 0 fully saturated rings. The van der Waals surface area contributed by atoms with Gasteiger partial charge in [0.1, 0.15) is 5.69 Å². The number of aromatic carboxylic acids is 1. The molecule has 0 aliphatic heterocycles. The Kier molecular flexibility index (Phi) is 2.90. The second kappa shape index (κ2) is 5.06. The smallest absolute Gasteiger partial charge is 0.337 e. The fourth-order valence-corrected chi connectivity index (χ4v) is 2.62. The number of benzene rings is 1. The van der Waals surface area contributed by atoms with Gasteiger partial charge in [-0.05, 0) is 18.2 Å². The van der Waals surface area contributed by atoms with Crippen molar-refractivity contribution in [2.45, 2.75) is 0 Å². The summed E-state index contributed by atoms with van der Waals surface area (Å²) in [5.74, 6) is -0.995. The number of carbonyl (C=O) groups is 1. The number of hydrogen-bond donors (Lipinski definition) is 3. The van der Waals surface area contributed by atoms with Crippen LogP contribution in [0.3, 0.4) is 0 Å². The van der Waals surface area contributed by atoms with Crippen molar-refractivity contribution >= 4 is 16.9 Å². The van der Waals surface area contributed by atoms with E-state index in [0.29, 0.717) is 11.2 Å². The zero-order chi connectivity index (χ0) is 15.8. The predicted octanol–water partition coefficient (Wildman–Crippen LogP) is 2.71. The van der Waals surface area contributed by atoms with Crippen LogP contribution in [0.2, 0.25) is 0 Å². The molecule has 7 nitrogen and oxygen atoms in total. The predicted molar refractivity (Wildman–Crippen MR) is 83.9 cm³/mol. The molecule has 0 spiro atoms. The SMILES string of the molecule is O=C(O)c1cccc2c(-c3cn[nH]c3-c3cccnc3)n[nH]c12. The Balaban J connectivity index is 1.94. The van der Waals surface area contributed by atoms with Gasteiger partial charge in [0, 0.05) is 28.9 Å². The number of pyridine rings is 1. The zero-order valence-electron chi connectivity index (χ0n) is 11.8. The summed E-state index contributed by atoms with van der Waals surface area (Å²) in [6.45, 7) is 0. The number of aromatic amines is 2. The third kappa shape index (κ3) is 2.06. The Labute approximate surface area is 130 Å². The first kappa shape index (κ1) is 13.2. The number of carboxylic acid groups (broad SMARTS) is 1. The van der Waals surface area contributed by atoms with E-state index in [4.69, 9.17) is 0 Å². The quantitative estimate of drug-likeness (QED) is 0.539. The maximum atomic E-state index is 11.3. The molecule has 0 radical (unpaired) electrons. The van der Waals surface area contributed by atoms with Gasteiger partial charge in [-0.3, -0.25) is 15.2 Å². The van der Waals surface area contributed by atoms with E-state index in [0.717, 1.165) is 22.2 Å². The standard InChI is InChI=1S/C16H11N5O2/c22-16(23)11-5-1-4-10-14(11)20-21-15(10)12-8-18-19-13(12)9-3-2-6-17-7-9/h1-8H,(H,18,19)(H,20,21)(H,22,23). The van der Waals surface area contributed by atoms with E-state index in [1.54, 1.807) is 30.7 Å². The molecule has 0 aliphatic rings. The van der Waals surface area contributed by atoms with E-state index in [-0.39, 0.29) is 5.56 Å². The van der Waals surface area contributed by atoms with Crippen LogP contribution in [-0.4, -0.2) is 36.5 Å². The molecule has 0 saturated carbocycles. The normalized spacial score (nSPS) is 11.0. The molecule has 0 aliphatic carbocycles. The van der Waals surface area contributed by atoms with Crippen molar-refractivity contribution in [1.82, 2.24) is 25.4 Å². The minimum Gasteiger partial charge on any atom is -0.478 e. The van der Waals surface area contributed by atoms with E-state index in [2.05, 4.69) is 25.4 Å². The molecule has 4 aromatic rings. The van der Waals surface area contributed by atoms with Gasteiger partial charge in [0.05, 0.1) is 23.0 Å². The largest absolute Gasteiger partial charge is 0.478 e. The molecule has 0 unspecified atom stereocenters. The molecule has 0 amide bonds. The molecule has 3 N–H and O–H groups in total. The molecule has 4 rings (SSSR count). The van der Waals surface area contributed by atoms with Crippen LogP contribution >= 0.6 is 0 Å². The van der Waals surface area contributed by atoms with Gasteiger partial charge in [-0.25, -0.2) is 4.79 Å². The maximum Gasteiger partial charge on any atom is 0.337 e. The lowest BCUT2D eigenvalue weighted by atomic mass is 10.0. The monoisotopic (exact) mass is 305 g/mol. The van der Waals surface area contributed by atoms with Crippen molar-refractivity contribution in [3.8, 4) is 22.5 Å². The second-order valence-electron chi connectivity index (χ2n) is 5.01. The highest BCUT2D eigenvalue weighted by molar-refractivity contribution is 6.06. The van der Waals surface area contributed by atoms with Crippen LogP contribution in [0.4, 0.5) is 0 Å². The van der Waals surface area contributed by atoms with E-state index in [9.17, 15) is 9.90 Å². The van der Waals surface area contributed by atoms with Crippen LogP contribution in [0.25, 0.3) is 33.4 Å². The Morgan fingerprint density at radius 1 is 1.09 bits per heavy atom. The number of fused-ring (bicyclic) bond motifs is 1. The van der Waals surface area contributed by atoms with Crippen LogP contribution in [0, 0.1) is 0 Å². The van der Waals surface area contributed by atoms with Crippen molar-refractivity contribution in [1.29, 1.82) is 0 Å². The maximum absolute atomic E-state index is 11.3. The molecule has 7 heteroatoms. The van der Waals surface area contributed by atoms with Crippen LogP contribution in [0.1, 0.15) is 10.4 Å². The molecule has 112 valence electrons. The van der Waals surface area contributed by atoms with Crippen molar-refractivity contribution in [2.24, 2.45) is 0 Å². The lowest BCUT2D eigenvalue weighted by Gasteiger charge is -2.01. The van der Waals surface area contributed by atoms with Crippen molar-refractivity contribution < 1.29 is 9.90 Å². The summed E-state index contributed by atoms with van der Waals surface area (Å²) in [6.07, 6.45) is 5.10. The van der Waals surface area contributed by atoms with Crippen molar-refractivity contribution in [2.75, 3.05) is 0 Å². The Morgan fingerprint density at radius 3 is 2.78 bits per heavy atom. The van der Waals surface area contributed by atoms with Gasteiger partial charge in [-0.1, -0.05) is 12.1 Å². The third-order valence-electron chi connectivity index (χ3n) is 3.67. The highest BCUT2D eigenvalue weighted by atomic mass is 16.4. The van der Waals surface area contributed by atoms with Gasteiger partial charge in [-0.15, -0.1) is 0 Å². The average molecular weight is 305 g/mol. The van der Waals surface area contributed by atoms with E-state index in [1.807, 2.05) is 18.2 Å². The van der Waals surface area contributed by atoms with Crippen molar-refractivity contribution in [3.63, 3.8) is 0 Å². The molecule has 23 heavy (non-hydrogen) atoms. The summed E-state index contributed by atoms with van der Waals surface area (Å²) in [4.78, 5) is 15.4. The van der Waals surface area contributed by atoms with Crippen molar-refractivity contribution in [3.05, 3.63) is 54.5 Å². The molecule has 0 bridgehead atoms. The lowest BCUT2D eigenvalue weighted by Crippen LogP contribution is -1.96. The molecule has 0 atom stereocenters. The summed E-state index contributed by atoms with van der Waals surface area (Å²) in [5, 5.41) is 24.2. The topological polar surface area (TPSA) is 108 Å². The Morgan fingerprint density at radius 2 is 2.00 bits per heavy atom. The minimum absolute atomic E-state index is 0.188. The summed E-state index contributed by atoms with van der Waals surface area (Å²) >= 11 is 0. The van der Waals surface area contributed by atoms with Crippen LogP contribution in [0.15, 0.2) is 48.9 Å². The van der Waals surface area contributed by atoms with Gasteiger partial charge >= 0.3 is 5.97 Å². The van der Waals surface area contributed by atoms with Gasteiger partial charge < -0.3 is 5.11 Å². The first-order valence-corrected chi connectivity index (χ1v) is 6.90. The number of nitrogens with zero attached hydrogens (tertiary/aromatic N) is 3. The zero-order valence-corrected chi connectivity index (χ0v) is 11.8. The van der Waals surface area contributed by atoms with Crippen LogP contribution in [-0.2, 0) is 0 Å². The highest BCUT2D eigenvalue weighted by Gasteiger charge is 2.18. The molecule has 3 heterocycles. The number of aromatic nitrogens is 5. The minimum atomic E-state index is -0.995. The average Bonchev–Trinajstić information content (AvgIpc) is 3.21. The number of hydrogen-bond acceptors (Lipinski definition) is 4. The third-order valence-corrected chi connectivity index (χ3v) is 3.67. The van der Waals surface area contributed by atoms with Crippen LogP contribution < -0.4 is 0 Å². The van der Waals surface area contributed by atoms with Crippen LogP contribution in [0.5, 0.6) is 0 Å². The second-order valence-corrected chi connectivity index (χ2v) is 5.01. The summed E-state index contributed by atoms with van der Waals surface area (Å²) in [5.41, 5.74) is 3.78. The molecular formula is C16H11N5O2. The molecular weight excluding hydrogens is 294 g/mol. The Bertz CT molecular complexity index is 1000. The number of para-hydroxylation sites is 1. The van der Waals surface area contributed by atoms with E-state index in [1.165, 1.54) is 0 Å². The molecule has 3 aromatic heterocycles. The fourth-order valence-electron chi connectivity index (χ4n) is 2.62. The Hall–Kier alpha value is -3.48. The fraction of sp³-hybridized carbons (Fsp3) is 0. The summed E-state index contributed by atoms with van der Waals surface area (Å²) < 4.78 is 0. The van der Waals surface area contributed by atoms with E-state index >= 15 is 0 Å². The number of rotatable bonds is 3. The number of H-pyrrole nitrogens is 2. The summed E-state index contributed by atoms with van der Waals surface area (Å²) in [6, 6.07) is 8.84. The lowest BCUT2D eigenvalue weighted by molar-refractivity contribution is 0.0699. The van der Waals surface area contributed by atoms with Gasteiger partial charge in [-0.2, -0.15) is 10.2 Å². The molecule has 0 saturated heterocycles. The number of nitrogens with one attached hydrogen (secondary N) is 2. The van der Waals surface area contributed by atoms with Gasteiger partial charge in [0.2, 0.25) is 0 Å². The first-order valence-electron chi connectivity index (χ1n) is 6.90. The molecule has 1 aromatic carbocycles. The van der Waals surface area contributed by atoms with E-state index < -0.39 is 5.97 Å². The number of carboxylic acids is 1.